The molecule has 0 aromatic rings. The van der Waals surface area contributed by atoms with Crippen LogP contribution in [0.25, 0.3) is 0 Å². The van der Waals surface area contributed by atoms with Gasteiger partial charge in [0, 0.05) is 6.04 Å². The largest absolute Gasteiger partial charge is 0.481 e. The molecule has 0 spiro atoms. The Bertz CT molecular complexity index is 191. The van der Waals surface area contributed by atoms with Crippen LogP contribution in [0.1, 0.15) is 25.7 Å². The molecule has 2 fully saturated rings. The summed E-state index contributed by atoms with van der Waals surface area (Å²) in [6, 6.07) is 0.292. The fraction of sp³-hybridized carbons (Fsp3) is 0.889. The van der Waals surface area contributed by atoms with Gasteiger partial charge in [-0.2, -0.15) is 0 Å². The Morgan fingerprint density at radius 1 is 1.25 bits per heavy atom. The molecule has 0 amide bonds. The molecule has 2 aliphatic carbocycles. The van der Waals surface area contributed by atoms with Crippen molar-refractivity contribution < 1.29 is 9.90 Å². The van der Waals surface area contributed by atoms with Crippen LogP contribution in [0.15, 0.2) is 0 Å². The van der Waals surface area contributed by atoms with Crippen molar-refractivity contribution in [2.24, 2.45) is 23.5 Å². The summed E-state index contributed by atoms with van der Waals surface area (Å²) < 4.78 is 0. The summed E-state index contributed by atoms with van der Waals surface area (Å²) in [6.07, 6.45) is 3.92. The van der Waals surface area contributed by atoms with Crippen LogP contribution in [0, 0.1) is 17.8 Å². The third-order valence-corrected chi connectivity index (χ3v) is 3.52. The number of fused-ring (bicyclic) bond motifs is 2. The molecule has 3 nitrogen and oxygen atoms in total. The molecule has 0 unspecified atom stereocenters. The van der Waals surface area contributed by atoms with E-state index in [-0.39, 0.29) is 5.92 Å². The van der Waals surface area contributed by atoms with Crippen LogP contribution in [-0.2, 0) is 4.79 Å². The Kier molecular flexibility index (Phi) is 1.83. The van der Waals surface area contributed by atoms with Gasteiger partial charge in [-0.25, -0.2) is 0 Å². The molecule has 3 N–H and O–H groups in total. The van der Waals surface area contributed by atoms with E-state index in [1.807, 2.05) is 0 Å². The zero-order valence-corrected chi connectivity index (χ0v) is 7.07. The third kappa shape index (κ3) is 1.12. The van der Waals surface area contributed by atoms with E-state index in [9.17, 15) is 4.79 Å². The second-order valence-corrected chi connectivity index (χ2v) is 4.18. The van der Waals surface area contributed by atoms with E-state index in [0.29, 0.717) is 17.9 Å². The highest BCUT2D eigenvalue weighted by Crippen LogP contribution is 2.43. The van der Waals surface area contributed by atoms with Crippen molar-refractivity contribution in [3.8, 4) is 0 Å². The van der Waals surface area contributed by atoms with Crippen molar-refractivity contribution in [2.45, 2.75) is 31.7 Å². The van der Waals surface area contributed by atoms with Crippen molar-refractivity contribution in [1.29, 1.82) is 0 Å². The van der Waals surface area contributed by atoms with E-state index >= 15 is 0 Å². The number of aliphatic carboxylic acids is 1. The molecule has 0 saturated heterocycles. The fourth-order valence-corrected chi connectivity index (χ4v) is 2.78. The molecular weight excluding hydrogens is 154 g/mol. The van der Waals surface area contributed by atoms with Gasteiger partial charge in [0.2, 0.25) is 0 Å². The van der Waals surface area contributed by atoms with Crippen molar-refractivity contribution in [1.82, 2.24) is 0 Å². The van der Waals surface area contributed by atoms with E-state index in [1.165, 1.54) is 0 Å². The maximum absolute atomic E-state index is 10.7. The summed E-state index contributed by atoms with van der Waals surface area (Å²) in [6.45, 7) is 0. The molecular formula is C9H15NO2. The summed E-state index contributed by atoms with van der Waals surface area (Å²) in [5.74, 6) is 0.246. The number of hydrogen-bond donors (Lipinski definition) is 2. The smallest absolute Gasteiger partial charge is 0.306 e. The highest BCUT2D eigenvalue weighted by Gasteiger charge is 2.42. The zero-order valence-electron chi connectivity index (χ0n) is 7.07. The molecule has 0 aromatic heterocycles. The molecule has 3 heteroatoms. The minimum Gasteiger partial charge on any atom is -0.481 e. The number of nitrogens with two attached hydrogens (primary N) is 1. The van der Waals surface area contributed by atoms with Crippen molar-refractivity contribution in [3.05, 3.63) is 0 Å². The summed E-state index contributed by atoms with van der Waals surface area (Å²) in [7, 11) is 0. The second-order valence-electron chi connectivity index (χ2n) is 4.18. The van der Waals surface area contributed by atoms with Gasteiger partial charge < -0.3 is 10.8 Å². The number of hydrogen-bond acceptors (Lipinski definition) is 2. The average molecular weight is 169 g/mol. The molecule has 0 heterocycles. The lowest BCUT2D eigenvalue weighted by atomic mass is 9.78. The minimum absolute atomic E-state index is 0.109. The van der Waals surface area contributed by atoms with Crippen LogP contribution in [-0.4, -0.2) is 17.1 Å². The minimum atomic E-state index is -0.626. The third-order valence-electron chi connectivity index (χ3n) is 3.52. The molecule has 0 radical (unpaired) electrons. The normalized spacial score (nSPS) is 46.1. The van der Waals surface area contributed by atoms with Crippen LogP contribution >= 0.6 is 0 Å². The number of carboxylic acid groups (broad SMARTS) is 1. The first kappa shape index (κ1) is 8.05. The van der Waals surface area contributed by atoms with Gasteiger partial charge in [0.25, 0.3) is 0 Å². The van der Waals surface area contributed by atoms with Gasteiger partial charge in [-0.1, -0.05) is 0 Å². The average Bonchev–Trinajstić information content (AvgIpc) is 2.30. The van der Waals surface area contributed by atoms with Crippen molar-refractivity contribution >= 4 is 5.97 Å². The monoisotopic (exact) mass is 169 g/mol. The van der Waals surface area contributed by atoms with Gasteiger partial charge in [0.05, 0.1) is 5.92 Å². The predicted octanol–water partition coefficient (Wildman–Crippen LogP) is 0.834. The molecule has 2 aliphatic rings. The first-order chi connectivity index (χ1) is 5.68. The molecule has 2 rings (SSSR count). The van der Waals surface area contributed by atoms with Gasteiger partial charge >= 0.3 is 5.97 Å². The lowest BCUT2D eigenvalue weighted by Gasteiger charge is -2.30. The fourth-order valence-electron chi connectivity index (χ4n) is 2.78. The summed E-state index contributed by atoms with van der Waals surface area (Å²) >= 11 is 0. The molecule has 4 atom stereocenters. The Balaban J connectivity index is 2.07. The van der Waals surface area contributed by atoms with Gasteiger partial charge in [-0.15, -0.1) is 0 Å². The number of carbonyl (C=O) groups is 1. The quantitative estimate of drug-likeness (QED) is 0.611. The molecule has 2 bridgehead atoms. The van der Waals surface area contributed by atoms with Gasteiger partial charge in [0.15, 0.2) is 0 Å². The van der Waals surface area contributed by atoms with Gasteiger partial charge in [-0.05, 0) is 37.5 Å². The maximum Gasteiger partial charge on any atom is 0.306 e. The standard InChI is InChI=1S/C9H15NO2/c10-8-5-1-2-6(8)4-7(3-5)9(11)12/h5-8H,1-4,10H2,(H,11,12)/t5-,6+,7-,8-. The molecule has 0 aliphatic heterocycles. The summed E-state index contributed by atoms with van der Waals surface area (Å²) in [5, 5.41) is 8.85. The van der Waals surface area contributed by atoms with E-state index in [1.54, 1.807) is 0 Å². The molecule has 0 aromatic carbocycles. The van der Waals surface area contributed by atoms with Crippen LogP contribution in [0.2, 0.25) is 0 Å². The van der Waals surface area contributed by atoms with Crippen LogP contribution in [0.3, 0.4) is 0 Å². The van der Waals surface area contributed by atoms with Gasteiger partial charge in [-0.3, -0.25) is 4.79 Å². The van der Waals surface area contributed by atoms with Crippen molar-refractivity contribution in [2.75, 3.05) is 0 Å². The van der Waals surface area contributed by atoms with Crippen molar-refractivity contribution in [3.63, 3.8) is 0 Å². The second kappa shape index (κ2) is 2.73. The van der Waals surface area contributed by atoms with E-state index in [4.69, 9.17) is 10.8 Å². The summed E-state index contributed by atoms with van der Waals surface area (Å²) in [4.78, 5) is 10.7. The Hall–Kier alpha value is -0.570. The lowest BCUT2D eigenvalue weighted by Crippen LogP contribution is -2.39. The van der Waals surface area contributed by atoms with E-state index in [0.717, 1.165) is 25.7 Å². The van der Waals surface area contributed by atoms with E-state index in [2.05, 4.69) is 0 Å². The SMILES string of the molecule is N[C@@H]1[C@@H]2CC[C@H]1C[C@H](C(=O)O)C2. The van der Waals surface area contributed by atoms with E-state index < -0.39 is 5.97 Å². The maximum atomic E-state index is 10.7. The van der Waals surface area contributed by atoms with Crippen LogP contribution in [0.5, 0.6) is 0 Å². The predicted molar refractivity (Wildman–Crippen MR) is 44.5 cm³/mol. The first-order valence-corrected chi connectivity index (χ1v) is 4.67. The molecule has 12 heavy (non-hydrogen) atoms. The van der Waals surface area contributed by atoms with Crippen LogP contribution < -0.4 is 5.73 Å². The Morgan fingerprint density at radius 3 is 2.17 bits per heavy atom. The zero-order chi connectivity index (χ0) is 8.72. The molecule has 68 valence electrons. The first-order valence-electron chi connectivity index (χ1n) is 4.67. The number of rotatable bonds is 1. The molecule has 2 saturated carbocycles. The van der Waals surface area contributed by atoms with Crippen LogP contribution in [0.4, 0.5) is 0 Å². The topological polar surface area (TPSA) is 63.3 Å². The Morgan fingerprint density at radius 2 is 1.75 bits per heavy atom. The lowest BCUT2D eigenvalue weighted by molar-refractivity contribution is -0.143. The summed E-state index contributed by atoms with van der Waals surface area (Å²) in [5.41, 5.74) is 5.95. The highest BCUT2D eigenvalue weighted by atomic mass is 16.4. The Labute approximate surface area is 71.9 Å². The number of carboxylic acids is 1. The highest BCUT2D eigenvalue weighted by molar-refractivity contribution is 5.70. The van der Waals surface area contributed by atoms with Gasteiger partial charge in [0.1, 0.15) is 0 Å².